The molecule has 1 saturated carbocycles. The van der Waals surface area contributed by atoms with Crippen LogP contribution in [-0.4, -0.2) is 20.4 Å². The van der Waals surface area contributed by atoms with Crippen LogP contribution in [0, 0.1) is 5.92 Å². The molecule has 1 aliphatic rings. The third kappa shape index (κ3) is 4.83. The second-order valence-electron chi connectivity index (χ2n) is 6.81. The lowest BCUT2D eigenvalue weighted by Crippen LogP contribution is -2.33. The first-order valence-corrected chi connectivity index (χ1v) is 10.2. The van der Waals surface area contributed by atoms with Crippen LogP contribution in [0.25, 0.3) is 0 Å². The number of amides is 1. The summed E-state index contributed by atoms with van der Waals surface area (Å²) in [6, 6.07) is 9.21. The molecular formula is C19H19F3N2O3S. The summed E-state index contributed by atoms with van der Waals surface area (Å²) in [7, 11) is -4.09. The number of rotatable bonds is 6. The number of hydrogen-bond acceptors (Lipinski definition) is 3. The van der Waals surface area contributed by atoms with Crippen LogP contribution in [0.15, 0.2) is 53.4 Å². The van der Waals surface area contributed by atoms with Crippen LogP contribution in [0.4, 0.5) is 18.9 Å². The van der Waals surface area contributed by atoms with Gasteiger partial charge in [0, 0.05) is 17.3 Å². The molecule has 3 rings (SSSR count). The van der Waals surface area contributed by atoms with Gasteiger partial charge in [-0.25, -0.2) is 8.42 Å². The van der Waals surface area contributed by atoms with Gasteiger partial charge in [0.15, 0.2) is 0 Å². The summed E-state index contributed by atoms with van der Waals surface area (Å²) in [4.78, 5) is 12.0. The Bertz CT molecular complexity index is 969. The second kappa shape index (κ2) is 7.46. The molecule has 150 valence electrons. The SMILES string of the molecule is C[C@@H](NC(=O)c1ccc(S(=O)(=O)Nc2cccc(C(F)(F)F)c2)cc1)C1CC1. The number of alkyl halides is 3. The summed E-state index contributed by atoms with van der Waals surface area (Å²) in [5, 5.41) is 2.87. The average molecular weight is 412 g/mol. The molecule has 5 nitrogen and oxygen atoms in total. The molecular weight excluding hydrogens is 393 g/mol. The van der Waals surface area contributed by atoms with Crippen molar-refractivity contribution in [3.05, 3.63) is 59.7 Å². The quantitative estimate of drug-likeness (QED) is 0.752. The predicted octanol–water partition coefficient (Wildman–Crippen LogP) is 4.03. The van der Waals surface area contributed by atoms with Gasteiger partial charge in [0.1, 0.15) is 0 Å². The summed E-state index contributed by atoms with van der Waals surface area (Å²) in [6.07, 6.45) is -2.41. The molecule has 9 heteroatoms. The average Bonchev–Trinajstić information content (AvgIpc) is 3.46. The van der Waals surface area contributed by atoms with Gasteiger partial charge in [0.25, 0.3) is 15.9 Å². The zero-order valence-corrected chi connectivity index (χ0v) is 15.8. The zero-order valence-electron chi connectivity index (χ0n) is 15.0. The smallest absolute Gasteiger partial charge is 0.349 e. The lowest BCUT2D eigenvalue weighted by Gasteiger charge is -2.13. The Labute approximate surface area is 161 Å². The van der Waals surface area contributed by atoms with Crippen molar-refractivity contribution < 1.29 is 26.4 Å². The number of benzene rings is 2. The maximum Gasteiger partial charge on any atom is 0.416 e. The molecule has 0 aliphatic heterocycles. The summed E-state index contributed by atoms with van der Waals surface area (Å²) in [5.74, 6) is 0.189. The minimum atomic E-state index is -4.58. The Balaban J connectivity index is 1.72. The van der Waals surface area contributed by atoms with Gasteiger partial charge in [0.2, 0.25) is 0 Å². The third-order valence-electron chi connectivity index (χ3n) is 4.56. The van der Waals surface area contributed by atoms with Crippen molar-refractivity contribution in [2.75, 3.05) is 4.72 Å². The van der Waals surface area contributed by atoms with E-state index in [9.17, 15) is 26.4 Å². The number of carbonyl (C=O) groups excluding carboxylic acids is 1. The van der Waals surface area contributed by atoms with Crippen molar-refractivity contribution >= 4 is 21.6 Å². The van der Waals surface area contributed by atoms with E-state index in [4.69, 9.17) is 0 Å². The fourth-order valence-electron chi connectivity index (χ4n) is 2.76. The predicted molar refractivity (Wildman–Crippen MR) is 98.3 cm³/mol. The largest absolute Gasteiger partial charge is 0.416 e. The maximum atomic E-state index is 12.8. The standard InChI is InChI=1S/C19H19F3N2O3S/c1-12(13-5-6-13)23-18(25)14-7-9-17(10-8-14)28(26,27)24-16-4-2-3-15(11-16)19(20,21)22/h2-4,7-13,24H,5-6H2,1H3,(H,23,25)/t12-/m1/s1. The van der Waals surface area contributed by atoms with Gasteiger partial charge in [-0.1, -0.05) is 6.07 Å². The van der Waals surface area contributed by atoms with Crippen molar-refractivity contribution in [3.8, 4) is 0 Å². The molecule has 28 heavy (non-hydrogen) atoms. The Morgan fingerprint density at radius 3 is 2.32 bits per heavy atom. The molecule has 1 aliphatic carbocycles. The molecule has 0 unspecified atom stereocenters. The maximum absolute atomic E-state index is 12.8. The summed E-state index contributed by atoms with van der Waals surface area (Å²) in [5.41, 5.74) is -0.843. The van der Waals surface area contributed by atoms with E-state index in [1.54, 1.807) is 0 Å². The number of anilines is 1. The first-order valence-electron chi connectivity index (χ1n) is 8.67. The highest BCUT2D eigenvalue weighted by atomic mass is 32.2. The molecule has 0 bridgehead atoms. The molecule has 0 radical (unpaired) electrons. The summed E-state index contributed by atoms with van der Waals surface area (Å²) in [6.45, 7) is 1.92. The Hall–Kier alpha value is -2.55. The van der Waals surface area contributed by atoms with Crippen molar-refractivity contribution in [1.29, 1.82) is 0 Å². The summed E-state index contributed by atoms with van der Waals surface area (Å²) < 4.78 is 65.3. The van der Waals surface area contributed by atoms with Gasteiger partial charge < -0.3 is 5.32 Å². The van der Waals surface area contributed by atoms with Crippen LogP contribution in [0.2, 0.25) is 0 Å². The van der Waals surface area contributed by atoms with Gasteiger partial charge >= 0.3 is 6.18 Å². The molecule has 0 spiro atoms. The van der Waals surface area contributed by atoms with E-state index in [-0.39, 0.29) is 22.5 Å². The van der Waals surface area contributed by atoms with Crippen LogP contribution in [-0.2, 0) is 16.2 Å². The highest BCUT2D eigenvalue weighted by molar-refractivity contribution is 7.92. The lowest BCUT2D eigenvalue weighted by atomic mass is 10.1. The minimum Gasteiger partial charge on any atom is -0.349 e. The van der Waals surface area contributed by atoms with Crippen LogP contribution >= 0.6 is 0 Å². The van der Waals surface area contributed by atoms with Gasteiger partial charge in [-0.05, 0) is 68.1 Å². The molecule has 0 saturated heterocycles. The molecule has 0 aromatic heterocycles. The van der Waals surface area contributed by atoms with E-state index in [0.717, 1.165) is 31.0 Å². The monoisotopic (exact) mass is 412 g/mol. The van der Waals surface area contributed by atoms with Crippen LogP contribution in [0.5, 0.6) is 0 Å². The van der Waals surface area contributed by atoms with Crippen molar-refractivity contribution in [1.82, 2.24) is 5.32 Å². The van der Waals surface area contributed by atoms with E-state index >= 15 is 0 Å². The van der Waals surface area contributed by atoms with E-state index in [1.807, 2.05) is 6.92 Å². The number of halogens is 3. The van der Waals surface area contributed by atoms with Gasteiger partial charge in [-0.2, -0.15) is 13.2 Å². The molecule has 2 aromatic carbocycles. The number of hydrogen-bond donors (Lipinski definition) is 2. The zero-order chi connectivity index (χ0) is 20.5. The number of carbonyl (C=O) groups is 1. The van der Waals surface area contributed by atoms with Crippen molar-refractivity contribution in [2.45, 2.75) is 36.9 Å². The number of nitrogens with one attached hydrogen (secondary N) is 2. The van der Waals surface area contributed by atoms with Crippen molar-refractivity contribution in [2.24, 2.45) is 5.92 Å². The van der Waals surface area contributed by atoms with Crippen LogP contribution < -0.4 is 10.0 Å². The summed E-state index contributed by atoms with van der Waals surface area (Å²) >= 11 is 0. The highest BCUT2D eigenvalue weighted by Crippen LogP contribution is 2.32. The molecule has 2 aromatic rings. The normalized spacial score (nSPS) is 15.7. The van der Waals surface area contributed by atoms with Gasteiger partial charge in [-0.3, -0.25) is 9.52 Å². The van der Waals surface area contributed by atoms with Gasteiger partial charge in [-0.15, -0.1) is 0 Å². The van der Waals surface area contributed by atoms with E-state index in [1.165, 1.54) is 30.3 Å². The highest BCUT2D eigenvalue weighted by Gasteiger charge is 2.31. The molecule has 1 atom stereocenters. The van der Waals surface area contributed by atoms with Gasteiger partial charge in [0.05, 0.1) is 10.5 Å². The Morgan fingerprint density at radius 2 is 1.75 bits per heavy atom. The second-order valence-corrected chi connectivity index (χ2v) is 8.49. The molecule has 0 heterocycles. The first-order chi connectivity index (χ1) is 13.1. The fraction of sp³-hybridized carbons (Fsp3) is 0.316. The van der Waals surface area contributed by atoms with E-state index < -0.39 is 21.8 Å². The van der Waals surface area contributed by atoms with E-state index in [2.05, 4.69) is 10.0 Å². The lowest BCUT2D eigenvalue weighted by molar-refractivity contribution is -0.137. The Morgan fingerprint density at radius 1 is 1.11 bits per heavy atom. The van der Waals surface area contributed by atoms with Crippen molar-refractivity contribution in [3.63, 3.8) is 0 Å². The fourth-order valence-corrected chi connectivity index (χ4v) is 3.81. The molecule has 2 N–H and O–H groups in total. The van der Waals surface area contributed by atoms with Crippen LogP contribution in [0.1, 0.15) is 35.7 Å². The molecule has 1 amide bonds. The topological polar surface area (TPSA) is 75.3 Å². The minimum absolute atomic E-state index is 0.0542. The first kappa shape index (κ1) is 20.2. The van der Waals surface area contributed by atoms with Crippen LogP contribution in [0.3, 0.4) is 0 Å². The number of sulfonamides is 1. The van der Waals surface area contributed by atoms with E-state index in [0.29, 0.717) is 11.5 Å². The molecule has 1 fully saturated rings. The Kier molecular flexibility index (Phi) is 5.38. The third-order valence-corrected chi connectivity index (χ3v) is 5.95.